The second kappa shape index (κ2) is 10.7. The Labute approximate surface area is 220 Å². The number of fused-ring (bicyclic) bond motifs is 1. The van der Waals surface area contributed by atoms with E-state index in [1.807, 2.05) is 6.07 Å². The van der Waals surface area contributed by atoms with Gasteiger partial charge in [0.2, 0.25) is 0 Å². The molecule has 5 rings (SSSR count). The maximum atomic E-state index is 11.8. The number of carbonyl (C=O) groups is 1. The summed E-state index contributed by atoms with van der Waals surface area (Å²) >= 11 is 7.17. The van der Waals surface area contributed by atoms with Crippen LogP contribution in [0.3, 0.4) is 0 Å². The smallest absolute Gasteiger partial charge is 0.329 e. The van der Waals surface area contributed by atoms with Crippen LogP contribution in [0.4, 0.5) is 17.2 Å². The summed E-state index contributed by atoms with van der Waals surface area (Å²) < 4.78 is 1.67. The lowest BCUT2D eigenvalue weighted by Gasteiger charge is -2.37. The summed E-state index contributed by atoms with van der Waals surface area (Å²) in [5.74, 6) is 0.566. The second-order valence-electron chi connectivity index (χ2n) is 8.81. The molecule has 35 heavy (non-hydrogen) atoms. The van der Waals surface area contributed by atoms with Crippen molar-refractivity contribution in [1.82, 2.24) is 25.1 Å². The number of benzene rings is 1. The van der Waals surface area contributed by atoms with Gasteiger partial charge < -0.3 is 19.5 Å². The van der Waals surface area contributed by atoms with Crippen molar-refractivity contribution in [1.29, 1.82) is 0 Å². The minimum Gasteiger partial charge on any atom is -0.368 e. The van der Waals surface area contributed by atoms with Gasteiger partial charge in [-0.3, -0.25) is 9.89 Å². The van der Waals surface area contributed by atoms with Crippen molar-refractivity contribution >= 4 is 66.1 Å². The summed E-state index contributed by atoms with van der Waals surface area (Å²) in [5.41, 5.74) is 2.68. The van der Waals surface area contributed by atoms with E-state index in [0.717, 1.165) is 83.1 Å². The molecule has 186 valence electrons. The first-order valence-corrected chi connectivity index (χ1v) is 13.4. The Bertz CT molecular complexity index is 1190. The van der Waals surface area contributed by atoms with Crippen molar-refractivity contribution < 1.29 is 9.63 Å². The van der Waals surface area contributed by atoms with Crippen LogP contribution in [-0.4, -0.2) is 83.4 Å². The van der Waals surface area contributed by atoms with E-state index < -0.39 is 0 Å². The molecule has 1 N–H and O–H groups in total. The lowest BCUT2D eigenvalue weighted by atomic mass is 10.2. The van der Waals surface area contributed by atoms with Gasteiger partial charge in [-0.1, -0.05) is 15.9 Å². The normalized spacial score (nSPS) is 16.8. The first-order chi connectivity index (χ1) is 17.0. The molecule has 0 amide bonds. The van der Waals surface area contributed by atoms with Gasteiger partial charge in [0, 0.05) is 49.8 Å². The van der Waals surface area contributed by atoms with Crippen LogP contribution in [0.15, 0.2) is 33.6 Å². The van der Waals surface area contributed by atoms with Gasteiger partial charge in [-0.15, -0.1) is 0 Å². The van der Waals surface area contributed by atoms with E-state index in [0.29, 0.717) is 6.54 Å². The Kier molecular flexibility index (Phi) is 7.40. The minimum atomic E-state index is -0.317. The first-order valence-electron chi connectivity index (χ1n) is 11.8. The number of hydrogen-bond donors (Lipinski definition) is 1. The lowest BCUT2D eigenvalue weighted by molar-refractivity contribution is -0.142. The van der Waals surface area contributed by atoms with Gasteiger partial charge in [0.05, 0.1) is 17.6 Å². The summed E-state index contributed by atoms with van der Waals surface area (Å²) in [6.45, 7) is 8.45. The van der Waals surface area contributed by atoms with Crippen LogP contribution in [0.25, 0.3) is 11.0 Å². The van der Waals surface area contributed by atoms with Crippen molar-refractivity contribution in [2.24, 2.45) is 0 Å². The monoisotopic (exact) mass is 606 g/mol. The van der Waals surface area contributed by atoms with Gasteiger partial charge in [-0.25, -0.2) is 15.0 Å². The van der Waals surface area contributed by atoms with Crippen LogP contribution >= 0.6 is 31.9 Å². The van der Waals surface area contributed by atoms with Crippen LogP contribution in [0.1, 0.15) is 19.8 Å². The van der Waals surface area contributed by atoms with Crippen LogP contribution in [0.2, 0.25) is 0 Å². The number of nitrogens with zero attached hydrogens (tertiary/aromatic N) is 7. The highest BCUT2D eigenvalue weighted by atomic mass is 79.9. The van der Waals surface area contributed by atoms with E-state index in [9.17, 15) is 4.79 Å². The Balaban J connectivity index is 1.30. The number of piperazine rings is 1. The molecular formula is C23H28Br2N8O2. The molecule has 0 saturated carbocycles. The standard InChI is InChI=1S/C23H28Br2N8O2/c1-16(34)35-33(11-6-30-4-2-3-5-30)19-13-17(24)12-18(14-19)31-7-9-32(10-8-31)23-20-21(25)28-29-22(20)26-15-27-23/h12-15H,2-11H2,1H3,(H,26,27,28,29). The number of aromatic amines is 1. The molecule has 0 radical (unpaired) electrons. The van der Waals surface area contributed by atoms with E-state index >= 15 is 0 Å². The fourth-order valence-corrected chi connectivity index (χ4v) is 5.65. The zero-order valence-electron chi connectivity index (χ0n) is 19.6. The van der Waals surface area contributed by atoms with Gasteiger partial charge in [-0.2, -0.15) is 5.10 Å². The molecular weight excluding hydrogens is 580 g/mol. The summed E-state index contributed by atoms with van der Waals surface area (Å²) in [6.07, 6.45) is 4.04. The van der Waals surface area contributed by atoms with Gasteiger partial charge in [0.1, 0.15) is 16.7 Å². The van der Waals surface area contributed by atoms with Crippen molar-refractivity contribution in [3.63, 3.8) is 0 Å². The maximum Gasteiger partial charge on any atom is 0.329 e. The molecule has 2 fully saturated rings. The van der Waals surface area contributed by atoms with Gasteiger partial charge in [0.25, 0.3) is 0 Å². The van der Waals surface area contributed by atoms with Gasteiger partial charge >= 0.3 is 5.97 Å². The minimum absolute atomic E-state index is 0.317. The summed E-state index contributed by atoms with van der Waals surface area (Å²) in [4.78, 5) is 33.3. The van der Waals surface area contributed by atoms with E-state index in [1.165, 1.54) is 19.8 Å². The molecule has 0 bridgehead atoms. The predicted octanol–water partition coefficient (Wildman–Crippen LogP) is 3.58. The number of hydrogen-bond acceptors (Lipinski definition) is 9. The molecule has 0 atom stereocenters. The van der Waals surface area contributed by atoms with E-state index in [4.69, 9.17) is 4.84 Å². The van der Waals surface area contributed by atoms with E-state index in [1.54, 1.807) is 11.4 Å². The van der Waals surface area contributed by atoms with Crippen molar-refractivity contribution in [3.8, 4) is 0 Å². The molecule has 0 spiro atoms. The number of H-pyrrole nitrogens is 1. The summed E-state index contributed by atoms with van der Waals surface area (Å²) in [7, 11) is 0. The first kappa shape index (κ1) is 24.3. The quantitative estimate of drug-likeness (QED) is 0.404. The highest BCUT2D eigenvalue weighted by Gasteiger charge is 2.24. The van der Waals surface area contributed by atoms with Crippen molar-refractivity contribution in [2.75, 3.05) is 67.2 Å². The van der Waals surface area contributed by atoms with Gasteiger partial charge in [0.15, 0.2) is 5.65 Å². The van der Waals surface area contributed by atoms with Crippen LogP contribution in [0, 0.1) is 0 Å². The zero-order chi connectivity index (χ0) is 24.4. The second-order valence-corrected chi connectivity index (χ2v) is 10.5. The Morgan fingerprint density at radius 3 is 2.54 bits per heavy atom. The molecule has 12 heteroatoms. The largest absolute Gasteiger partial charge is 0.368 e. The fraction of sp³-hybridized carbons (Fsp3) is 0.478. The van der Waals surface area contributed by atoms with E-state index in [2.05, 4.69) is 78.9 Å². The molecule has 2 aliphatic rings. The Morgan fingerprint density at radius 1 is 1.06 bits per heavy atom. The summed E-state index contributed by atoms with van der Waals surface area (Å²) in [6, 6.07) is 6.21. The molecule has 0 unspecified atom stereocenters. The van der Waals surface area contributed by atoms with Crippen LogP contribution < -0.4 is 14.9 Å². The molecule has 4 heterocycles. The number of nitrogens with one attached hydrogen (secondary N) is 1. The average molecular weight is 608 g/mol. The molecule has 10 nitrogen and oxygen atoms in total. The Hall–Kier alpha value is -2.44. The molecule has 2 aromatic heterocycles. The third-order valence-electron chi connectivity index (χ3n) is 6.45. The fourth-order valence-electron chi connectivity index (χ4n) is 4.73. The number of likely N-dealkylation sites (tertiary alicyclic amines) is 1. The van der Waals surface area contributed by atoms with Gasteiger partial charge in [-0.05, 0) is 60.1 Å². The number of halogens is 2. The van der Waals surface area contributed by atoms with Crippen molar-refractivity contribution in [2.45, 2.75) is 19.8 Å². The number of carbonyl (C=O) groups excluding carboxylic acids is 1. The average Bonchev–Trinajstić information content (AvgIpc) is 3.51. The maximum absolute atomic E-state index is 11.8. The third kappa shape index (κ3) is 5.54. The molecule has 1 aromatic carbocycles. The predicted molar refractivity (Wildman–Crippen MR) is 143 cm³/mol. The zero-order valence-corrected chi connectivity index (χ0v) is 22.8. The highest BCUT2D eigenvalue weighted by Crippen LogP contribution is 2.32. The topological polar surface area (TPSA) is 93.7 Å². The van der Waals surface area contributed by atoms with E-state index in [-0.39, 0.29) is 5.97 Å². The van der Waals surface area contributed by atoms with Crippen LogP contribution in [0.5, 0.6) is 0 Å². The summed E-state index contributed by atoms with van der Waals surface area (Å²) in [5, 5.41) is 9.77. The highest BCUT2D eigenvalue weighted by molar-refractivity contribution is 9.10. The Morgan fingerprint density at radius 2 is 1.80 bits per heavy atom. The number of aromatic nitrogens is 4. The molecule has 3 aromatic rings. The lowest BCUT2D eigenvalue weighted by Crippen LogP contribution is -2.47. The van der Waals surface area contributed by atoms with Crippen molar-refractivity contribution in [3.05, 3.63) is 33.6 Å². The van der Waals surface area contributed by atoms with Crippen LogP contribution in [-0.2, 0) is 9.63 Å². The molecule has 2 saturated heterocycles. The molecule has 0 aliphatic carbocycles. The SMILES string of the molecule is CC(=O)ON(CCN1CCCC1)c1cc(Br)cc(N2CCN(c3ncnc4[nH]nc(Br)c34)CC2)c1. The molecule has 2 aliphatic heterocycles. The number of hydroxylamine groups is 1. The third-order valence-corrected chi connectivity index (χ3v) is 7.48. The number of anilines is 3. The number of rotatable bonds is 7.